The number of benzene rings is 2. The number of hydrogen-bond acceptors (Lipinski definition) is 4. The van der Waals surface area contributed by atoms with Crippen LogP contribution in [0.5, 0.6) is 5.88 Å². The molecule has 0 spiro atoms. The van der Waals surface area contributed by atoms with Crippen molar-refractivity contribution in [2.24, 2.45) is 0 Å². The molecule has 0 amide bonds. The summed E-state index contributed by atoms with van der Waals surface area (Å²) in [4.78, 5) is 12.3. The number of hydrogen-bond donors (Lipinski definition) is 1. The molecule has 1 heterocycles. The highest BCUT2D eigenvalue weighted by atomic mass is 35.5. The summed E-state index contributed by atoms with van der Waals surface area (Å²) in [6, 6.07) is 16.7. The number of nitrogens with zero attached hydrogens (tertiary/aromatic N) is 1. The van der Waals surface area contributed by atoms with Crippen LogP contribution in [-0.2, 0) is 9.53 Å². The molecule has 0 aliphatic heterocycles. The van der Waals surface area contributed by atoms with Crippen molar-refractivity contribution in [3.8, 4) is 5.88 Å². The van der Waals surface area contributed by atoms with Gasteiger partial charge in [0.1, 0.15) is 0 Å². The number of methoxy groups -OCH3 is 1. The second-order valence-corrected chi connectivity index (χ2v) is 6.19. The molecule has 1 unspecified atom stereocenters. The Kier molecular flexibility index (Phi) is 5.94. The Labute approximate surface area is 162 Å². The standard InChI is InChI=1S/C21H19ClN2O3/c1-3-16(21(25)26-2)17-6-4-5-7-18(17)20(27-19-12-13-23-24-19)14-8-10-15(22)11-9-14/h3-13,20H,1-2H3,(H,23,24). The molecule has 0 saturated heterocycles. The van der Waals surface area contributed by atoms with Gasteiger partial charge in [0.05, 0.1) is 18.9 Å². The Morgan fingerprint density at radius 3 is 2.52 bits per heavy atom. The third-order valence-corrected chi connectivity index (χ3v) is 4.37. The fourth-order valence-corrected chi connectivity index (χ4v) is 2.97. The predicted octanol–water partition coefficient (Wildman–Crippen LogP) is 4.81. The Bertz CT molecular complexity index is 934. The molecule has 0 aliphatic carbocycles. The van der Waals surface area contributed by atoms with Gasteiger partial charge >= 0.3 is 5.97 Å². The van der Waals surface area contributed by atoms with Crippen LogP contribution in [0.4, 0.5) is 0 Å². The minimum Gasteiger partial charge on any atom is -0.465 e. The number of allylic oxidation sites excluding steroid dienone is 1. The highest BCUT2D eigenvalue weighted by molar-refractivity contribution is 6.30. The highest BCUT2D eigenvalue weighted by Crippen LogP contribution is 2.33. The lowest BCUT2D eigenvalue weighted by Crippen LogP contribution is -2.14. The first-order valence-electron chi connectivity index (χ1n) is 8.39. The molecule has 5 nitrogen and oxygen atoms in total. The lowest BCUT2D eigenvalue weighted by molar-refractivity contribution is -0.133. The summed E-state index contributed by atoms with van der Waals surface area (Å²) in [6.07, 6.45) is 2.88. The van der Waals surface area contributed by atoms with Gasteiger partial charge in [0.2, 0.25) is 5.88 Å². The van der Waals surface area contributed by atoms with E-state index in [2.05, 4.69) is 10.2 Å². The minimum absolute atomic E-state index is 0.402. The van der Waals surface area contributed by atoms with Crippen LogP contribution >= 0.6 is 11.6 Å². The fraction of sp³-hybridized carbons (Fsp3) is 0.143. The summed E-state index contributed by atoms with van der Waals surface area (Å²) in [5, 5.41) is 7.38. The quantitative estimate of drug-likeness (QED) is 0.491. The number of ether oxygens (including phenoxy) is 2. The molecule has 3 rings (SSSR count). The van der Waals surface area contributed by atoms with Gasteiger partial charge in [0.25, 0.3) is 0 Å². The molecule has 1 atom stereocenters. The SMILES string of the molecule is CC=C(C(=O)OC)c1ccccc1C(Oc1ccn[nH]1)c1ccc(Cl)cc1. The third-order valence-electron chi connectivity index (χ3n) is 4.12. The first-order chi connectivity index (χ1) is 13.1. The Balaban J connectivity index is 2.12. The smallest absolute Gasteiger partial charge is 0.338 e. The Hall–Kier alpha value is -3.05. The minimum atomic E-state index is -0.474. The number of rotatable bonds is 6. The normalized spacial score (nSPS) is 12.5. The molecular formula is C21H19ClN2O3. The van der Waals surface area contributed by atoms with Crippen molar-refractivity contribution in [3.63, 3.8) is 0 Å². The molecule has 1 N–H and O–H groups in total. The van der Waals surface area contributed by atoms with Crippen LogP contribution in [0, 0.1) is 0 Å². The van der Waals surface area contributed by atoms with Crippen molar-refractivity contribution in [3.05, 3.63) is 88.6 Å². The van der Waals surface area contributed by atoms with Crippen LogP contribution in [0.25, 0.3) is 5.57 Å². The molecule has 0 fully saturated rings. The summed E-state index contributed by atoms with van der Waals surface area (Å²) in [6.45, 7) is 1.80. The lowest BCUT2D eigenvalue weighted by Gasteiger charge is -2.22. The van der Waals surface area contributed by atoms with Gasteiger partial charge in [-0.25, -0.2) is 9.89 Å². The number of esters is 1. The van der Waals surface area contributed by atoms with E-state index < -0.39 is 12.1 Å². The number of aromatic amines is 1. The number of carbonyl (C=O) groups excluding carboxylic acids is 1. The maximum atomic E-state index is 12.3. The average Bonchev–Trinajstić information content (AvgIpc) is 3.21. The molecule has 0 aliphatic rings. The van der Waals surface area contributed by atoms with Crippen molar-refractivity contribution in [1.29, 1.82) is 0 Å². The van der Waals surface area contributed by atoms with Gasteiger partial charge < -0.3 is 9.47 Å². The number of aromatic nitrogens is 2. The zero-order valence-corrected chi connectivity index (χ0v) is 15.7. The van der Waals surface area contributed by atoms with Crippen LogP contribution < -0.4 is 4.74 Å². The van der Waals surface area contributed by atoms with E-state index in [9.17, 15) is 4.79 Å². The van der Waals surface area contributed by atoms with E-state index >= 15 is 0 Å². The molecule has 138 valence electrons. The van der Waals surface area contributed by atoms with E-state index in [-0.39, 0.29) is 0 Å². The molecule has 0 saturated carbocycles. The van der Waals surface area contributed by atoms with Gasteiger partial charge in [0.15, 0.2) is 6.10 Å². The maximum absolute atomic E-state index is 12.3. The number of nitrogens with one attached hydrogen (secondary N) is 1. The van der Waals surface area contributed by atoms with Crippen LogP contribution in [-0.4, -0.2) is 23.3 Å². The van der Waals surface area contributed by atoms with Gasteiger partial charge in [-0.2, -0.15) is 5.10 Å². The summed E-state index contributed by atoms with van der Waals surface area (Å²) in [5.74, 6) is 0.117. The van der Waals surface area contributed by atoms with Crippen LogP contribution in [0.1, 0.15) is 29.7 Å². The number of carbonyl (C=O) groups is 1. The lowest BCUT2D eigenvalue weighted by atomic mass is 9.92. The van der Waals surface area contributed by atoms with Crippen molar-refractivity contribution in [1.82, 2.24) is 10.2 Å². The Morgan fingerprint density at radius 1 is 1.15 bits per heavy atom. The fourth-order valence-electron chi connectivity index (χ4n) is 2.85. The molecular weight excluding hydrogens is 364 g/mol. The van der Waals surface area contributed by atoms with Crippen molar-refractivity contribution in [2.75, 3.05) is 7.11 Å². The largest absolute Gasteiger partial charge is 0.465 e. The monoisotopic (exact) mass is 382 g/mol. The van der Waals surface area contributed by atoms with Gasteiger partial charge in [-0.3, -0.25) is 0 Å². The molecule has 0 radical (unpaired) electrons. The average molecular weight is 383 g/mol. The van der Waals surface area contributed by atoms with Crippen molar-refractivity contribution >= 4 is 23.1 Å². The summed E-state index contributed by atoms with van der Waals surface area (Å²) in [5.41, 5.74) is 2.93. The highest BCUT2D eigenvalue weighted by Gasteiger charge is 2.24. The van der Waals surface area contributed by atoms with Gasteiger partial charge in [-0.05, 0) is 30.2 Å². The summed E-state index contributed by atoms with van der Waals surface area (Å²) >= 11 is 6.04. The van der Waals surface area contributed by atoms with Crippen LogP contribution in [0.2, 0.25) is 5.02 Å². The molecule has 0 bridgehead atoms. The van der Waals surface area contributed by atoms with E-state index in [4.69, 9.17) is 21.1 Å². The van der Waals surface area contributed by atoms with Gasteiger partial charge in [-0.15, -0.1) is 0 Å². The van der Waals surface area contributed by atoms with Crippen LogP contribution in [0.3, 0.4) is 0 Å². The summed E-state index contributed by atoms with van der Waals surface area (Å²) < 4.78 is 11.1. The van der Waals surface area contributed by atoms with Gasteiger partial charge in [-0.1, -0.05) is 54.1 Å². The van der Waals surface area contributed by atoms with Gasteiger partial charge in [0, 0.05) is 16.7 Å². The summed E-state index contributed by atoms with van der Waals surface area (Å²) in [7, 11) is 1.37. The van der Waals surface area contributed by atoms with Crippen molar-refractivity contribution < 1.29 is 14.3 Å². The second kappa shape index (κ2) is 8.56. The maximum Gasteiger partial charge on any atom is 0.338 e. The number of H-pyrrole nitrogens is 1. The zero-order chi connectivity index (χ0) is 19.2. The van der Waals surface area contributed by atoms with E-state index in [0.717, 1.165) is 16.7 Å². The molecule has 2 aromatic carbocycles. The first kappa shape index (κ1) is 18.7. The molecule has 3 aromatic rings. The second-order valence-electron chi connectivity index (χ2n) is 5.75. The van der Waals surface area contributed by atoms with Crippen LogP contribution in [0.15, 0.2) is 66.9 Å². The van der Waals surface area contributed by atoms with E-state index in [1.807, 2.05) is 36.4 Å². The van der Waals surface area contributed by atoms with E-state index in [1.165, 1.54) is 7.11 Å². The number of halogens is 1. The molecule has 1 aromatic heterocycles. The van der Waals surface area contributed by atoms with E-state index in [1.54, 1.807) is 37.4 Å². The van der Waals surface area contributed by atoms with E-state index in [0.29, 0.717) is 16.5 Å². The Morgan fingerprint density at radius 2 is 1.89 bits per heavy atom. The molecule has 6 heteroatoms. The first-order valence-corrected chi connectivity index (χ1v) is 8.77. The van der Waals surface area contributed by atoms with Crippen molar-refractivity contribution in [2.45, 2.75) is 13.0 Å². The third kappa shape index (κ3) is 4.20. The predicted molar refractivity (Wildman–Crippen MR) is 105 cm³/mol. The zero-order valence-electron chi connectivity index (χ0n) is 15.0. The topological polar surface area (TPSA) is 64.2 Å². The molecule has 27 heavy (non-hydrogen) atoms.